The minimum absolute atomic E-state index is 0.488. The summed E-state index contributed by atoms with van der Waals surface area (Å²) in [5, 5.41) is 24.5. The molecule has 4 nitrogen and oxygen atoms in total. The molecule has 2 heterocycles. The van der Waals surface area contributed by atoms with E-state index in [1.54, 1.807) is 18.2 Å². The van der Waals surface area contributed by atoms with E-state index in [0.29, 0.717) is 16.7 Å². The maximum Gasteiger partial charge on any atom is 0.0998 e. The third-order valence-corrected chi connectivity index (χ3v) is 8.18. The molecular weight excluding hydrogens is 512 g/mol. The molecule has 0 radical (unpaired) electrons. The van der Waals surface area contributed by atoms with Crippen molar-refractivity contribution in [2.24, 2.45) is 0 Å². The molecule has 6 aromatic carbocycles. The zero-order valence-electron chi connectivity index (χ0n) is 22.5. The Hall–Kier alpha value is -6.10. The van der Waals surface area contributed by atoms with E-state index >= 15 is 0 Å². The molecule has 0 saturated heterocycles. The summed E-state index contributed by atoms with van der Waals surface area (Å²) in [5.74, 6) is 0. The number of nitrogens with zero attached hydrogens (tertiary/aromatic N) is 4. The average molecular weight is 535 g/mol. The first-order valence-corrected chi connectivity index (χ1v) is 13.8. The van der Waals surface area contributed by atoms with Crippen molar-refractivity contribution in [2.45, 2.75) is 0 Å². The lowest BCUT2D eigenvalue weighted by Gasteiger charge is -2.12. The highest BCUT2D eigenvalue weighted by Gasteiger charge is 2.21. The largest absolute Gasteiger partial charge is 0.309 e. The highest BCUT2D eigenvalue weighted by atomic mass is 15.0. The van der Waals surface area contributed by atoms with Gasteiger partial charge in [-0.1, -0.05) is 78.9 Å². The van der Waals surface area contributed by atoms with Crippen LogP contribution in [0, 0.1) is 22.7 Å². The molecule has 0 spiro atoms. The van der Waals surface area contributed by atoms with Gasteiger partial charge in [0.15, 0.2) is 0 Å². The summed E-state index contributed by atoms with van der Waals surface area (Å²) < 4.78 is 4.67. The van der Waals surface area contributed by atoms with Crippen molar-refractivity contribution in [3.63, 3.8) is 0 Å². The fraction of sp³-hybridized carbons (Fsp3) is 0. The van der Waals surface area contributed by atoms with Crippen molar-refractivity contribution in [1.82, 2.24) is 9.13 Å². The van der Waals surface area contributed by atoms with Gasteiger partial charge in [-0.2, -0.15) is 10.5 Å². The number of benzene rings is 6. The van der Waals surface area contributed by atoms with Gasteiger partial charge in [-0.05, 0) is 60.2 Å². The molecule has 0 bridgehead atoms. The maximum absolute atomic E-state index is 9.85. The predicted molar refractivity (Wildman–Crippen MR) is 170 cm³/mol. The average Bonchev–Trinajstić information content (AvgIpc) is 3.57. The number of para-hydroxylation sites is 3. The molecule has 0 aliphatic rings. The summed E-state index contributed by atoms with van der Waals surface area (Å²) >= 11 is 0. The Kier molecular flexibility index (Phi) is 5.22. The summed E-state index contributed by atoms with van der Waals surface area (Å²) in [6, 6.07) is 50.1. The number of nitriles is 2. The van der Waals surface area contributed by atoms with Gasteiger partial charge in [0.25, 0.3) is 0 Å². The van der Waals surface area contributed by atoms with E-state index < -0.39 is 0 Å². The molecule has 0 atom stereocenters. The molecule has 0 N–H and O–H groups in total. The predicted octanol–water partition coefficient (Wildman–Crippen LogP) is 9.29. The first-order valence-electron chi connectivity index (χ1n) is 13.8. The molecule has 4 heteroatoms. The molecule has 0 amide bonds. The Morgan fingerprint density at radius 1 is 0.452 bits per heavy atom. The van der Waals surface area contributed by atoms with Crippen LogP contribution in [0.5, 0.6) is 0 Å². The zero-order chi connectivity index (χ0) is 28.2. The number of hydrogen-bond donors (Lipinski definition) is 0. The summed E-state index contributed by atoms with van der Waals surface area (Å²) in [5.41, 5.74) is 9.10. The number of hydrogen-bond acceptors (Lipinski definition) is 2. The molecule has 194 valence electrons. The molecule has 8 rings (SSSR count). The summed E-state index contributed by atoms with van der Waals surface area (Å²) in [6.45, 7) is 0. The zero-order valence-corrected chi connectivity index (χ0v) is 22.5. The second-order valence-electron chi connectivity index (χ2n) is 10.4. The van der Waals surface area contributed by atoms with Crippen molar-refractivity contribution >= 4 is 43.6 Å². The highest BCUT2D eigenvalue weighted by Crippen LogP contribution is 2.42. The molecule has 0 aliphatic heterocycles. The van der Waals surface area contributed by atoms with Crippen LogP contribution in [0.4, 0.5) is 0 Å². The van der Waals surface area contributed by atoms with E-state index in [1.807, 2.05) is 18.2 Å². The van der Waals surface area contributed by atoms with Crippen LogP contribution in [0.2, 0.25) is 0 Å². The van der Waals surface area contributed by atoms with Crippen LogP contribution in [0.15, 0.2) is 133 Å². The quantitative estimate of drug-likeness (QED) is 0.227. The fourth-order valence-electron chi connectivity index (χ4n) is 6.48. The molecule has 8 aromatic rings. The van der Waals surface area contributed by atoms with Crippen molar-refractivity contribution in [1.29, 1.82) is 10.5 Å². The number of aromatic nitrogens is 2. The normalized spacial score (nSPS) is 11.3. The smallest absolute Gasteiger partial charge is 0.0998 e. The maximum atomic E-state index is 9.85. The van der Waals surface area contributed by atoms with E-state index in [1.165, 1.54) is 32.6 Å². The Labute approximate surface area is 242 Å². The van der Waals surface area contributed by atoms with Crippen LogP contribution >= 0.6 is 0 Å². The van der Waals surface area contributed by atoms with Crippen molar-refractivity contribution in [3.05, 3.63) is 145 Å². The lowest BCUT2D eigenvalue weighted by molar-refractivity contribution is 1.17. The Bertz CT molecular complexity index is 2400. The molecule has 0 saturated carbocycles. The lowest BCUT2D eigenvalue weighted by Crippen LogP contribution is -1.96. The Balaban J connectivity index is 1.50. The van der Waals surface area contributed by atoms with E-state index in [-0.39, 0.29) is 0 Å². The van der Waals surface area contributed by atoms with Gasteiger partial charge < -0.3 is 9.13 Å². The molecular formula is C38H22N4. The van der Waals surface area contributed by atoms with E-state index in [2.05, 4.69) is 118 Å². The minimum atomic E-state index is 0.488. The van der Waals surface area contributed by atoms with Gasteiger partial charge in [-0.25, -0.2) is 0 Å². The fourth-order valence-corrected chi connectivity index (χ4v) is 6.48. The minimum Gasteiger partial charge on any atom is -0.309 e. The van der Waals surface area contributed by atoms with E-state index in [4.69, 9.17) is 0 Å². The molecule has 0 aliphatic carbocycles. The lowest BCUT2D eigenvalue weighted by atomic mass is 9.95. The SMILES string of the molecule is N#Cc1cccc(C#N)c1-c1cccc(-n2c3ccccc3c3c2ccc2c4ccccc4n(-c4ccccc4)c23)c1. The Morgan fingerprint density at radius 3 is 1.81 bits per heavy atom. The first kappa shape index (κ1) is 23.8. The van der Waals surface area contributed by atoms with Gasteiger partial charge in [0, 0.05) is 38.5 Å². The summed E-state index contributed by atoms with van der Waals surface area (Å²) in [6.07, 6.45) is 0. The molecule has 42 heavy (non-hydrogen) atoms. The topological polar surface area (TPSA) is 57.4 Å². The van der Waals surface area contributed by atoms with Gasteiger partial charge in [0.2, 0.25) is 0 Å². The van der Waals surface area contributed by atoms with Crippen molar-refractivity contribution < 1.29 is 0 Å². The second kappa shape index (κ2) is 9.24. The first-order chi connectivity index (χ1) is 20.8. The van der Waals surface area contributed by atoms with Crippen LogP contribution in [0.1, 0.15) is 11.1 Å². The van der Waals surface area contributed by atoms with Crippen molar-refractivity contribution in [3.8, 4) is 34.6 Å². The van der Waals surface area contributed by atoms with E-state index in [0.717, 1.165) is 28.0 Å². The van der Waals surface area contributed by atoms with Crippen LogP contribution in [-0.4, -0.2) is 9.13 Å². The van der Waals surface area contributed by atoms with E-state index in [9.17, 15) is 10.5 Å². The standard InChI is InChI=1S/C38H22N4/c39-23-26-11-8-12-27(24-40)36(26)25-10-9-15-29(22-25)41-34-19-7-5-17-32(34)37-35(41)21-20-31-30-16-4-6-18-33(30)42(38(31)37)28-13-2-1-3-14-28/h1-22H. The monoisotopic (exact) mass is 534 g/mol. The van der Waals surface area contributed by atoms with Crippen LogP contribution in [0.25, 0.3) is 66.1 Å². The third-order valence-electron chi connectivity index (χ3n) is 8.18. The molecule has 0 unspecified atom stereocenters. The van der Waals surface area contributed by atoms with Gasteiger partial charge in [0.1, 0.15) is 0 Å². The van der Waals surface area contributed by atoms with Gasteiger partial charge in [-0.3, -0.25) is 0 Å². The second-order valence-corrected chi connectivity index (χ2v) is 10.4. The summed E-state index contributed by atoms with van der Waals surface area (Å²) in [4.78, 5) is 0. The number of fused-ring (bicyclic) bond motifs is 7. The van der Waals surface area contributed by atoms with Gasteiger partial charge in [0.05, 0.1) is 45.3 Å². The van der Waals surface area contributed by atoms with Crippen LogP contribution in [0.3, 0.4) is 0 Å². The van der Waals surface area contributed by atoms with Gasteiger partial charge in [-0.15, -0.1) is 0 Å². The number of rotatable bonds is 3. The third kappa shape index (κ3) is 3.33. The molecule has 2 aromatic heterocycles. The van der Waals surface area contributed by atoms with Crippen molar-refractivity contribution in [2.75, 3.05) is 0 Å². The molecule has 0 fully saturated rings. The highest BCUT2D eigenvalue weighted by molar-refractivity contribution is 6.26. The summed E-state index contributed by atoms with van der Waals surface area (Å²) in [7, 11) is 0. The van der Waals surface area contributed by atoms with Crippen LogP contribution in [-0.2, 0) is 0 Å². The Morgan fingerprint density at radius 2 is 1.07 bits per heavy atom. The van der Waals surface area contributed by atoms with Crippen LogP contribution < -0.4 is 0 Å². The van der Waals surface area contributed by atoms with Gasteiger partial charge >= 0.3 is 0 Å².